The second-order valence-electron chi connectivity index (χ2n) is 5.72. The van der Waals surface area contributed by atoms with Gasteiger partial charge in [-0.05, 0) is 69.8 Å². The Balaban J connectivity index is 2.00. The van der Waals surface area contributed by atoms with Crippen molar-refractivity contribution in [1.82, 2.24) is 0 Å². The van der Waals surface area contributed by atoms with Crippen LogP contribution in [0.15, 0.2) is 42.5 Å². The second kappa shape index (κ2) is 5.13. The summed E-state index contributed by atoms with van der Waals surface area (Å²) < 4.78 is 10.6. The second-order valence-corrected chi connectivity index (χ2v) is 5.72. The molecule has 0 spiro atoms. The van der Waals surface area contributed by atoms with Gasteiger partial charge in [0.15, 0.2) is 6.29 Å². The molecule has 3 nitrogen and oxygen atoms in total. The molecule has 1 aliphatic rings. The van der Waals surface area contributed by atoms with Crippen molar-refractivity contribution in [2.24, 2.45) is 0 Å². The van der Waals surface area contributed by atoms with Crippen molar-refractivity contribution < 1.29 is 14.3 Å². The van der Waals surface area contributed by atoms with Crippen molar-refractivity contribution in [3.05, 3.63) is 59.2 Å². The average Bonchev–Trinajstić information content (AvgIpc) is 2.96. The molecule has 23 heavy (non-hydrogen) atoms. The molecule has 0 bridgehead atoms. The summed E-state index contributed by atoms with van der Waals surface area (Å²) in [6.45, 7) is 0. The normalized spacial score (nSPS) is 11.9. The molecule has 0 saturated carbocycles. The van der Waals surface area contributed by atoms with Crippen LogP contribution >= 0.6 is 0 Å². The quantitative estimate of drug-likeness (QED) is 0.531. The van der Waals surface area contributed by atoms with E-state index in [2.05, 4.69) is 18.2 Å². The Labute approximate surface area is 134 Å². The fraction of sp³-hybridized carbons (Fsp3) is 0.150. The van der Waals surface area contributed by atoms with Gasteiger partial charge < -0.3 is 9.47 Å². The van der Waals surface area contributed by atoms with E-state index in [1.54, 1.807) is 14.2 Å². The summed E-state index contributed by atoms with van der Waals surface area (Å²) in [7, 11) is 3.30. The number of hydrogen-bond acceptors (Lipinski definition) is 3. The summed E-state index contributed by atoms with van der Waals surface area (Å²) >= 11 is 0. The third-order valence-electron chi connectivity index (χ3n) is 4.59. The first-order valence-electron chi connectivity index (χ1n) is 7.51. The standard InChI is InChI=1S/C20H16O3/c1-22-14-5-6-16-13(7-14)9-19-18(16)8-12-3-4-15(23-2)10-17(12)20(19)11-21/h3-8,10-11H,9H2,1-2H3. The number of fused-ring (bicyclic) bond motifs is 4. The van der Waals surface area contributed by atoms with Gasteiger partial charge in [0.1, 0.15) is 11.5 Å². The van der Waals surface area contributed by atoms with Gasteiger partial charge in [0, 0.05) is 5.56 Å². The van der Waals surface area contributed by atoms with Crippen LogP contribution in [0.2, 0.25) is 0 Å². The molecule has 0 amide bonds. The molecular formula is C20H16O3. The van der Waals surface area contributed by atoms with E-state index >= 15 is 0 Å². The maximum absolute atomic E-state index is 11.8. The largest absolute Gasteiger partial charge is 0.497 e. The summed E-state index contributed by atoms with van der Waals surface area (Å²) in [6.07, 6.45) is 1.72. The molecular weight excluding hydrogens is 288 g/mol. The molecule has 3 aromatic carbocycles. The summed E-state index contributed by atoms with van der Waals surface area (Å²) in [5.41, 5.74) is 5.37. The minimum absolute atomic E-state index is 0.753. The average molecular weight is 304 g/mol. The predicted molar refractivity (Wildman–Crippen MR) is 90.7 cm³/mol. The highest BCUT2D eigenvalue weighted by Gasteiger charge is 2.23. The molecule has 0 aliphatic heterocycles. The highest BCUT2D eigenvalue weighted by atomic mass is 16.5. The zero-order valence-electron chi connectivity index (χ0n) is 13.1. The zero-order chi connectivity index (χ0) is 16.0. The molecule has 0 N–H and O–H groups in total. The van der Waals surface area contributed by atoms with Crippen LogP contribution in [0.5, 0.6) is 11.5 Å². The zero-order valence-corrected chi connectivity index (χ0v) is 13.1. The summed E-state index contributed by atoms with van der Waals surface area (Å²) in [5, 5.41) is 1.99. The third kappa shape index (κ3) is 2.00. The van der Waals surface area contributed by atoms with Gasteiger partial charge in [-0.3, -0.25) is 4.79 Å². The highest BCUT2D eigenvalue weighted by molar-refractivity contribution is 6.05. The Hall–Kier alpha value is -2.81. The Bertz CT molecular complexity index is 941. The third-order valence-corrected chi connectivity index (χ3v) is 4.59. The van der Waals surface area contributed by atoms with Crippen molar-refractivity contribution in [2.45, 2.75) is 6.42 Å². The Morgan fingerprint density at radius 2 is 1.65 bits per heavy atom. The number of benzene rings is 3. The monoisotopic (exact) mass is 304 g/mol. The van der Waals surface area contributed by atoms with Gasteiger partial charge in [-0.25, -0.2) is 0 Å². The van der Waals surface area contributed by atoms with Crippen molar-refractivity contribution in [1.29, 1.82) is 0 Å². The lowest BCUT2D eigenvalue weighted by atomic mass is 9.95. The Kier molecular flexibility index (Phi) is 3.08. The minimum Gasteiger partial charge on any atom is -0.497 e. The molecule has 0 heterocycles. The molecule has 3 aromatic rings. The van der Waals surface area contributed by atoms with Gasteiger partial charge >= 0.3 is 0 Å². The van der Waals surface area contributed by atoms with Crippen molar-refractivity contribution in [3.8, 4) is 22.6 Å². The summed E-state index contributed by atoms with van der Waals surface area (Å²) in [4.78, 5) is 11.8. The number of hydrogen-bond donors (Lipinski definition) is 0. The Morgan fingerprint density at radius 1 is 0.913 bits per heavy atom. The lowest BCUT2D eigenvalue weighted by Crippen LogP contribution is -1.94. The number of ether oxygens (including phenoxy) is 2. The lowest BCUT2D eigenvalue weighted by molar-refractivity contribution is 0.112. The van der Waals surface area contributed by atoms with Gasteiger partial charge in [-0.1, -0.05) is 12.1 Å². The molecule has 1 aliphatic carbocycles. The summed E-state index contributed by atoms with van der Waals surface area (Å²) in [6, 6.07) is 14.1. The fourth-order valence-corrected chi connectivity index (χ4v) is 3.43. The van der Waals surface area contributed by atoms with E-state index in [9.17, 15) is 4.79 Å². The first-order chi connectivity index (χ1) is 11.2. The summed E-state index contributed by atoms with van der Waals surface area (Å²) in [5.74, 6) is 1.60. The van der Waals surface area contributed by atoms with Gasteiger partial charge in [0.2, 0.25) is 0 Å². The highest BCUT2D eigenvalue weighted by Crippen LogP contribution is 2.42. The smallest absolute Gasteiger partial charge is 0.150 e. The van der Waals surface area contributed by atoms with E-state index in [4.69, 9.17) is 9.47 Å². The number of methoxy groups -OCH3 is 2. The van der Waals surface area contributed by atoms with Crippen LogP contribution in [-0.2, 0) is 6.42 Å². The van der Waals surface area contributed by atoms with Crippen molar-refractivity contribution >= 4 is 17.1 Å². The predicted octanol–water partition coefficient (Wildman–Crippen LogP) is 4.24. The minimum atomic E-state index is 0.753. The topological polar surface area (TPSA) is 35.5 Å². The van der Waals surface area contributed by atoms with Crippen LogP contribution in [0.25, 0.3) is 21.9 Å². The van der Waals surface area contributed by atoms with Crippen molar-refractivity contribution in [2.75, 3.05) is 14.2 Å². The van der Waals surface area contributed by atoms with Gasteiger partial charge in [0.25, 0.3) is 0 Å². The van der Waals surface area contributed by atoms with Crippen LogP contribution in [0.3, 0.4) is 0 Å². The fourth-order valence-electron chi connectivity index (χ4n) is 3.43. The van der Waals surface area contributed by atoms with Gasteiger partial charge in [-0.2, -0.15) is 0 Å². The molecule has 0 fully saturated rings. The lowest BCUT2D eigenvalue weighted by Gasteiger charge is -2.10. The molecule has 0 saturated heterocycles. The molecule has 3 heteroatoms. The van der Waals surface area contributed by atoms with E-state index in [-0.39, 0.29) is 0 Å². The molecule has 0 atom stereocenters. The van der Waals surface area contributed by atoms with Crippen LogP contribution in [0, 0.1) is 0 Å². The van der Waals surface area contributed by atoms with Crippen molar-refractivity contribution in [3.63, 3.8) is 0 Å². The maximum Gasteiger partial charge on any atom is 0.150 e. The molecule has 0 radical (unpaired) electrons. The molecule has 0 unspecified atom stereocenters. The van der Waals surface area contributed by atoms with E-state index in [1.807, 2.05) is 24.3 Å². The van der Waals surface area contributed by atoms with E-state index in [0.29, 0.717) is 0 Å². The van der Waals surface area contributed by atoms with E-state index in [0.717, 1.165) is 51.7 Å². The van der Waals surface area contributed by atoms with E-state index in [1.165, 1.54) is 11.1 Å². The molecule has 0 aromatic heterocycles. The van der Waals surface area contributed by atoms with Crippen LogP contribution in [-0.4, -0.2) is 20.5 Å². The Morgan fingerprint density at radius 3 is 2.39 bits per heavy atom. The van der Waals surface area contributed by atoms with E-state index < -0.39 is 0 Å². The first kappa shape index (κ1) is 13.8. The molecule has 4 rings (SSSR count). The van der Waals surface area contributed by atoms with Gasteiger partial charge in [0.05, 0.1) is 14.2 Å². The van der Waals surface area contributed by atoms with Gasteiger partial charge in [-0.15, -0.1) is 0 Å². The SMILES string of the molecule is COc1ccc2c(c1)Cc1c-2cc2ccc(OC)cc2c1C=O. The van der Waals surface area contributed by atoms with Crippen LogP contribution in [0.4, 0.5) is 0 Å². The number of carbonyl (C=O) groups is 1. The molecule has 114 valence electrons. The maximum atomic E-state index is 11.8. The van der Waals surface area contributed by atoms with Crippen LogP contribution in [0.1, 0.15) is 21.5 Å². The number of aldehydes is 1. The first-order valence-corrected chi connectivity index (χ1v) is 7.51. The number of carbonyl (C=O) groups excluding carboxylic acids is 1. The number of rotatable bonds is 3. The van der Waals surface area contributed by atoms with Crippen LogP contribution < -0.4 is 9.47 Å².